The van der Waals surface area contributed by atoms with Crippen LogP contribution in [-0.2, 0) is 19.7 Å². The molecule has 0 saturated carbocycles. The minimum Gasteiger partial charge on any atom is -0.497 e. The lowest BCUT2D eigenvalue weighted by Gasteiger charge is -2.07. The number of methoxy groups -OCH3 is 1. The van der Waals surface area contributed by atoms with Gasteiger partial charge in [-0.3, -0.25) is 0 Å². The van der Waals surface area contributed by atoms with Gasteiger partial charge in [0.1, 0.15) is 5.75 Å². The molecule has 0 N–H and O–H groups in total. The number of ether oxygens (including phenoxy) is 2. The molecular weight excluding hydrogens is 444 g/mol. The molecule has 164 valence electrons. The maximum Gasteiger partial charge on any atom is 0.355 e. The number of benzene rings is 2. The van der Waals surface area contributed by atoms with Crippen LogP contribution in [0.4, 0.5) is 0 Å². The molecule has 0 aliphatic rings. The Labute approximate surface area is 179 Å². The number of fused-ring (bicyclic) bond motifs is 1. The molecule has 0 fully saturated rings. The first-order valence-electron chi connectivity index (χ1n) is 9.12. The fourth-order valence-electron chi connectivity index (χ4n) is 2.80. The fourth-order valence-corrected chi connectivity index (χ4v) is 6.32. The van der Waals surface area contributed by atoms with E-state index in [2.05, 4.69) is 0 Å². The highest BCUT2D eigenvalue weighted by Gasteiger charge is 2.27. The Bertz CT molecular complexity index is 1380. The third-order valence-electron chi connectivity index (χ3n) is 4.23. The van der Waals surface area contributed by atoms with Crippen molar-refractivity contribution in [1.82, 2.24) is 0 Å². The van der Waals surface area contributed by atoms with Gasteiger partial charge < -0.3 is 13.9 Å². The van der Waals surface area contributed by atoms with E-state index in [0.717, 1.165) is 11.5 Å². The average Bonchev–Trinajstić information content (AvgIpc) is 2.72. The average molecular weight is 465 g/mol. The predicted octanol–water partition coefficient (Wildman–Crippen LogP) is 3.02. The van der Waals surface area contributed by atoms with Crippen LogP contribution in [0, 0.1) is 0 Å². The molecule has 1 heterocycles. The summed E-state index contributed by atoms with van der Waals surface area (Å²) in [6.45, 7) is 2.07. The summed E-state index contributed by atoms with van der Waals surface area (Å²) in [6.07, 6.45) is 1.27. The van der Waals surface area contributed by atoms with E-state index < -0.39 is 35.3 Å². The molecule has 0 bridgehead atoms. The molecule has 0 atom stereocenters. The lowest BCUT2D eigenvalue weighted by Crippen LogP contribution is -2.21. The predicted molar refractivity (Wildman–Crippen MR) is 117 cm³/mol. The van der Waals surface area contributed by atoms with Crippen molar-refractivity contribution >= 4 is 36.7 Å². The summed E-state index contributed by atoms with van der Waals surface area (Å²) in [4.78, 5) is 11.6. The van der Waals surface area contributed by atoms with Crippen LogP contribution in [0.25, 0.3) is 17.0 Å². The van der Waals surface area contributed by atoms with Crippen molar-refractivity contribution in [3.63, 3.8) is 0 Å². The minimum absolute atomic E-state index is 0.0931. The highest BCUT2D eigenvalue weighted by atomic mass is 32.3. The Kier molecular flexibility index (Phi) is 6.51. The summed E-state index contributed by atoms with van der Waals surface area (Å²) in [5.74, 6) is 0.884. The number of hydrogen-bond donors (Lipinski definition) is 0. The quantitative estimate of drug-likeness (QED) is 0.467. The van der Waals surface area contributed by atoms with Gasteiger partial charge in [-0.1, -0.05) is 24.3 Å². The van der Waals surface area contributed by atoms with E-state index >= 15 is 0 Å². The normalized spacial score (nSPS) is 12.3. The van der Waals surface area contributed by atoms with Crippen molar-refractivity contribution in [2.45, 2.75) is 11.8 Å². The molecule has 8 nitrogen and oxygen atoms in total. The van der Waals surface area contributed by atoms with E-state index in [1.165, 1.54) is 19.3 Å². The molecule has 10 heteroatoms. The van der Waals surface area contributed by atoms with Gasteiger partial charge in [-0.15, -0.1) is 0 Å². The summed E-state index contributed by atoms with van der Waals surface area (Å²) in [7, 11) is -7.18. The Balaban J connectivity index is 1.91. The lowest BCUT2D eigenvalue weighted by molar-refractivity contribution is 0.336. The van der Waals surface area contributed by atoms with Crippen LogP contribution in [0.1, 0.15) is 12.5 Å². The first kappa shape index (κ1) is 22.6. The van der Waals surface area contributed by atoms with Crippen molar-refractivity contribution in [2.24, 2.45) is 0 Å². The van der Waals surface area contributed by atoms with Gasteiger partial charge in [0.2, 0.25) is 0 Å². The zero-order chi connectivity index (χ0) is 22.6. The summed E-state index contributed by atoms with van der Waals surface area (Å²) in [5.41, 5.74) is -0.528. The molecule has 0 spiro atoms. The van der Waals surface area contributed by atoms with Crippen LogP contribution in [0.5, 0.6) is 11.5 Å². The fraction of sp³-hybridized carbons (Fsp3) is 0.190. The van der Waals surface area contributed by atoms with Crippen molar-refractivity contribution in [2.75, 3.05) is 18.8 Å². The van der Waals surface area contributed by atoms with Gasteiger partial charge in [0.25, 0.3) is 0 Å². The summed E-state index contributed by atoms with van der Waals surface area (Å²) in [6, 6.07) is 12.3. The van der Waals surface area contributed by atoms with Crippen LogP contribution >= 0.6 is 0 Å². The van der Waals surface area contributed by atoms with Crippen molar-refractivity contribution in [3.8, 4) is 11.5 Å². The molecule has 0 saturated heterocycles. The smallest absolute Gasteiger partial charge is 0.355 e. The van der Waals surface area contributed by atoms with Crippen molar-refractivity contribution < 1.29 is 30.7 Å². The van der Waals surface area contributed by atoms with E-state index in [1.807, 2.05) is 0 Å². The van der Waals surface area contributed by atoms with E-state index in [9.17, 15) is 21.6 Å². The summed E-state index contributed by atoms with van der Waals surface area (Å²) < 4.78 is 65.7. The molecular formula is C21H20O8S2. The number of rotatable bonds is 8. The molecule has 31 heavy (non-hydrogen) atoms. The first-order valence-corrected chi connectivity index (χ1v) is 12.5. The van der Waals surface area contributed by atoms with Gasteiger partial charge in [-0.2, -0.15) is 0 Å². The topological polar surface area (TPSA) is 117 Å². The molecule has 0 aliphatic carbocycles. The van der Waals surface area contributed by atoms with E-state index in [-0.39, 0.29) is 11.3 Å². The summed E-state index contributed by atoms with van der Waals surface area (Å²) >= 11 is 0. The molecule has 1 aromatic heterocycles. The largest absolute Gasteiger partial charge is 0.497 e. The molecule has 0 aliphatic heterocycles. The van der Waals surface area contributed by atoms with Gasteiger partial charge >= 0.3 is 5.63 Å². The third-order valence-corrected chi connectivity index (χ3v) is 8.29. The van der Waals surface area contributed by atoms with Gasteiger partial charge in [-0.25, -0.2) is 21.6 Å². The van der Waals surface area contributed by atoms with E-state index in [0.29, 0.717) is 23.3 Å². The van der Waals surface area contributed by atoms with Crippen LogP contribution in [0.3, 0.4) is 0 Å². The van der Waals surface area contributed by atoms with Crippen LogP contribution in [0.15, 0.2) is 68.0 Å². The summed E-state index contributed by atoms with van der Waals surface area (Å²) in [5, 5.41) is -0.175. The number of hydrogen-bond acceptors (Lipinski definition) is 8. The van der Waals surface area contributed by atoms with Crippen molar-refractivity contribution in [1.29, 1.82) is 0 Å². The Morgan fingerprint density at radius 3 is 2.39 bits per heavy atom. The molecule has 3 aromatic rings. The molecule has 0 unspecified atom stereocenters. The number of para-hydroxylation sites is 1. The number of sulfone groups is 2. The maximum absolute atomic E-state index is 12.7. The standard InChI is InChI=1S/C21H20O8S2/c1-3-28-18-6-4-5-16-13-19(21(22)29-20(16)18)31(25,26)14-30(23,24)12-11-15-7-9-17(27-2)10-8-15/h4-13H,3,14H2,1-2H3. The van der Waals surface area contributed by atoms with Gasteiger partial charge in [-0.05, 0) is 42.8 Å². The SMILES string of the molecule is CCOc1cccc2cc(S(=O)(=O)CS(=O)(=O)C=Cc3ccc(OC)cc3)c(=O)oc12. The highest BCUT2D eigenvalue weighted by Crippen LogP contribution is 2.26. The third kappa shape index (κ3) is 5.33. The van der Waals surface area contributed by atoms with Crippen molar-refractivity contribution in [3.05, 3.63) is 69.9 Å². The Hall–Kier alpha value is -3.11. The molecule has 2 aromatic carbocycles. The second-order valence-corrected chi connectivity index (χ2v) is 10.7. The zero-order valence-corrected chi connectivity index (χ0v) is 18.4. The van der Waals surface area contributed by atoms with E-state index in [1.54, 1.807) is 43.3 Å². The second-order valence-electron chi connectivity index (χ2n) is 6.48. The Morgan fingerprint density at radius 1 is 1.03 bits per heavy atom. The maximum atomic E-state index is 12.7. The highest BCUT2D eigenvalue weighted by molar-refractivity contribution is 8.09. The van der Waals surface area contributed by atoms with Gasteiger partial charge in [0, 0.05) is 10.8 Å². The second kappa shape index (κ2) is 8.94. The minimum atomic E-state index is -4.49. The zero-order valence-electron chi connectivity index (χ0n) is 16.8. The molecule has 0 radical (unpaired) electrons. The Morgan fingerprint density at radius 2 is 1.74 bits per heavy atom. The molecule has 3 rings (SSSR count). The van der Waals surface area contributed by atoms with Crippen LogP contribution in [-0.4, -0.2) is 35.6 Å². The van der Waals surface area contributed by atoms with Crippen LogP contribution in [0.2, 0.25) is 0 Å². The lowest BCUT2D eigenvalue weighted by atomic mass is 10.2. The molecule has 0 amide bonds. The van der Waals surface area contributed by atoms with Gasteiger partial charge in [0.15, 0.2) is 41.0 Å². The van der Waals surface area contributed by atoms with Gasteiger partial charge in [0.05, 0.1) is 13.7 Å². The first-order chi connectivity index (χ1) is 14.6. The monoisotopic (exact) mass is 464 g/mol. The van der Waals surface area contributed by atoms with E-state index in [4.69, 9.17) is 13.9 Å². The van der Waals surface area contributed by atoms with Crippen LogP contribution < -0.4 is 15.1 Å².